The van der Waals surface area contributed by atoms with Gasteiger partial charge in [0.2, 0.25) is 5.95 Å². The summed E-state index contributed by atoms with van der Waals surface area (Å²) in [5, 5.41) is 0.860. The summed E-state index contributed by atoms with van der Waals surface area (Å²) in [6, 6.07) is 5.33. The van der Waals surface area contributed by atoms with Gasteiger partial charge in [-0.05, 0) is 43.2 Å². The van der Waals surface area contributed by atoms with Crippen LogP contribution in [0, 0.1) is 5.41 Å². The van der Waals surface area contributed by atoms with E-state index >= 15 is 0 Å². The summed E-state index contributed by atoms with van der Waals surface area (Å²) in [6.07, 6.45) is 7.70. The molecule has 150 valence electrons. The Morgan fingerprint density at radius 1 is 1.14 bits per heavy atom. The normalized spacial score (nSPS) is 18.8. The molecule has 1 saturated heterocycles. The van der Waals surface area contributed by atoms with Crippen LogP contribution in [0.5, 0.6) is 0 Å². The molecule has 1 aliphatic heterocycles. The van der Waals surface area contributed by atoms with Crippen molar-refractivity contribution < 1.29 is 0 Å². The second kappa shape index (κ2) is 7.81. The maximum absolute atomic E-state index is 13.0. The van der Waals surface area contributed by atoms with E-state index in [4.69, 9.17) is 28.9 Å². The second-order valence-electron chi connectivity index (χ2n) is 7.84. The third-order valence-corrected chi connectivity index (χ3v) is 8.23. The molecule has 5 nitrogen and oxygen atoms in total. The van der Waals surface area contributed by atoms with Crippen molar-refractivity contribution in [3.63, 3.8) is 0 Å². The molecule has 4 rings (SSSR count). The van der Waals surface area contributed by atoms with Crippen LogP contribution in [-0.2, 0) is 7.05 Å². The average Bonchev–Trinajstić information content (AvgIpc) is 3.14. The molecule has 1 spiro atoms. The van der Waals surface area contributed by atoms with Gasteiger partial charge in [0.1, 0.15) is 10.7 Å². The van der Waals surface area contributed by atoms with Crippen molar-refractivity contribution in [2.75, 3.05) is 23.7 Å². The maximum atomic E-state index is 13.0. The molecule has 0 atom stereocenters. The van der Waals surface area contributed by atoms with E-state index in [-0.39, 0.29) is 11.4 Å². The van der Waals surface area contributed by atoms with Crippen LogP contribution < -0.4 is 16.2 Å². The fourth-order valence-electron chi connectivity index (χ4n) is 4.44. The zero-order chi connectivity index (χ0) is 19.9. The zero-order valence-electron chi connectivity index (χ0n) is 15.9. The highest BCUT2D eigenvalue weighted by Crippen LogP contribution is 2.46. The number of benzene rings is 1. The lowest BCUT2D eigenvalue weighted by atomic mass is 9.77. The zero-order valence-corrected chi connectivity index (χ0v) is 18.2. The van der Waals surface area contributed by atoms with Gasteiger partial charge in [-0.3, -0.25) is 9.36 Å². The van der Waals surface area contributed by atoms with E-state index in [9.17, 15) is 4.79 Å². The van der Waals surface area contributed by atoms with Crippen LogP contribution >= 0.6 is 35.0 Å². The third kappa shape index (κ3) is 3.62. The van der Waals surface area contributed by atoms with Gasteiger partial charge >= 0.3 is 0 Å². The highest BCUT2D eigenvalue weighted by Gasteiger charge is 2.37. The Morgan fingerprint density at radius 2 is 1.82 bits per heavy atom. The van der Waals surface area contributed by atoms with Gasteiger partial charge in [0.05, 0.1) is 10.0 Å². The largest absolute Gasteiger partial charge is 0.382 e. The summed E-state index contributed by atoms with van der Waals surface area (Å²) in [5.41, 5.74) is 6.55. The number of halogens is 2. The minimum atomic E-state index is -0.162. The molecule has 2 heterocycles. The molecule has 1 aromatic heterocycles. The molecule has 0 bridgehead atoms. The highest BCUT2D eigenvalue weighted by atomic mass is 35.5. The third-order valence-electron chi connectivity index (χ3n) is 6.15. The van der Waals surface area contributed by atoms with Crippen molar-refractivity contribution in [2.24, 2.45) is 12.5 Å². The van der Waals surface area contributed by atoms with Gasteiger partial charge in [-0.25, -0.2) is 0 Å². The van der Waals surface area contributed by atoms with E-state index in [1.165, 1.54) is 37.4 Å². The molecule has 2 aliphatic rings. The Bertz CT molecular complexity index is 946. The molecule has 2 N–H and O–H groups in total. The monoisotopic (exact) mass is 438 g/mol. The fraction of sp³-hybridized carbons (Fsp3) is 0.500. The van der Waals surface area contributed by atoms with Gasteiger partial charge in [-0.1, -0.05) is 53.9 Å². The molecular formula is C20H24Cl2N4OS. The molecule has 28 heavy (non-hydrogen) atoms. The van der Waals surface area contributed by atoms with Crippen molar-refractivity contribution in [3.05, 3.63) is 38.6 Å². The van der Waals surface area contributed by atoms with Crippen LogP contribution in [0.25, 0.3) is 0 Å². The van der Waals surface area contributed by atoms with Gasteiger partial charge in [-0.2, -0.15) is 4.98 Å². The number of nitrogens with two attached hydrogens (primary N) is 1. The summed E-state index contributed by atoms with van der Waals surface area (Å²) in [7, 11) is 1.76. The molecule has 2 aromatic rings. The molecular weight excluding hydrogens is 415 g/mol. The highest BCUT2D eigenvalue weighted by molar-refractivity contribution is 7.99. The summed E-state index contributed by atoms with van der Waals surface area (Å²) in [5.74, 6) is 0.886. The number of piperidine rings is 1. The van der Waals surface area contributed by atoms with Gasteiger partial charge < -0.3 is 10.6 Å². The van der Waals surface area contributed by atoms with Crippen LogP contribution in [0.4, 0.5) is 11.8 Å². The van der Waals surface area contributed by atoms with Gasteiger partial charge in [0.15, 0.2) is 0 Å². The van der Waals surface area contributed by atoms with E-state index in [0.29, 0.717) is 31.2 Å². The lowest BCUT2D eigenvalue weighted by molar-refractivity contribution is 0.225. The minimum Gasteiger partial charge on any atom is -0.382 e. The first-order valence-electron chi connectivity index (χ1n) is 9.63. The standard InChI is InChI=1S/C20H24Cl2N4OS/c1-25-18(27)16(28-14-6-4-5-13(21)15(14)22)17(23)24-19(25)26-11-9-20(10-12-26)7-2-3-8-20/h4-6H,2-3,7-12,23H2,1H3. The van der Waals surface area contributed by atoms with Crippen molar-refractivity contribution in [1.82, 2.24) is 9.55 Å². The fourth-order valence-corrected chi connectivity index (χ4v) is 5.86. The van der Waals surface area contributed by atoms with E-state index in [0.717, 1.165) is 25.9 Å². The Kier molecular flexibility index (Phi) is 5.55. The summed E-state index contributed by atoms with van der Waals surface area (Å²) in [4.78, 5) is 20.9. The quantitative estimate of drug-likeness (QED) is 0.731. The van der Waals surface area contributed by atoms with Crippen molar-refractivity contribution in [2.45, 2.75) is 48.3 Å². The predicted octanol–water partition coefficient (Wildman–Crippen LogP) is 4.98. The van der Waals surface area contributed by atoms with Crippen LogP contribution in [0.3, 0.4) is 0 Å². The summed E-state index contributed by atoms with van der Waals surface area (Å²) < 4.78 is 1.60. The first kappa shape index (κ1) is 19.9. The van der Waals surface area contributed by atoms with E-state index in [2.05, 4.69) is 9.88 Å². The number of nitrogen functional groups attached to an aromatic ring is 1. The smallest absolute Gasteiger partial charge is 0.270 e. The average molecular weight is 439 g/mol. The Balaban J connectivity index is 1.60. The molecule has 0 radical (unpaired) electrons. The van der Waals surface area contributed by atoms with E-state index in [1.807, 2.05) is 6.07 Å². The molecule has 0 unspecified atom stereocenters. The summed E-state index contributed by atoms with van der Waals surface area (Å²) >= 11 is 13.6. The van der Waals surface area contributed by atoms with Crippen LogP contribution in [-0.4, -0.2) is 22.6 Å². The van der Waals surface area contributed by atoms with Crippen LogP contribution in [0.15, 0.2) is 32.8 Å². The van der Waals surface area contributed by atoms with E-state index < -0.39 is 0 Å². The number of rotatable bonds is 3. The van der Waals surface area contributed by atoms with Crippen LogP contribution in [0.1, 0.15) is 38.5 Å². The van der Waals surface area contributed by atoms with Crippen molar-refractivity contribution in [1.29, 1.82) is 0 Å². The number of aromatic nitrogens is 2. The first-order valence-corrected chi connectivity index (χ1v) is 11.2. The number of hydrogen-bond donors (Lipinski definition) is 1. The topological polar surface area (TPSA) is 64.2 Å². The Morgan fingerprint density at radius 3 is 2.50 bits per heavy atom. The molecule has 0 amide bonds. The second-order valence-corrected chi connectivity index (χ2v) is 9.68. The molecule has 1 aliphatic carbocycles. The van der Waals surface area contributed by atoms with E-state index in [1.54, 1.807) is 23.7 Å². The maximum Gasteiger partial charge on any atom is 0.270 e. The minimum absolute atomic E-state index is 0.162. The van der Waals surface area contributed by atoms with Crippen LogP contribution in [0.2, 0.25) is 10.0 Å². The van der Waals surface area contributed by atoms with Gasteiger partial charge in [0, 0.05) is 25.0 Å². The molecule has 1 saturated carbocycles. The Hall–Kier alpha value is -1.37. The summed E-state index contributed by atoms with van der Waals surface area (Å²) in [6.45, 7) is 1.85. The number of nitrogens with zero attached hydrogens (tertiary/aromatic N) is 3. The molecule has 2 fully saturated rings. The first-order chi connectivity index (χ1) is 13.4. The SMILES string of the molecule is Cn1c(N2CCC3(CCCC3)CC2)nc(N)c(Sc2cccc(Cl)c2Cl)c1=O. The molecule has 1 aromatic carbocycles. The van der Waals surface area contributed by atoms with Crippen molar-refractivity contribution in [3.8, 4) is 0 Å². The van der Waals surface area contributed by atoms with Gasteiger partial charge in [0.25, 0.3) is 5.56 Å². The molecule has 8 heteroatoms. The predicted molar refractivity (Wildman–Crippen MR) is 117 cm³/mol. The number of hydrogen-bond acceptors (Lipinski definition) is 5. The van der Waals surface area contributed by atoms with Crippen molar-refractivity contribution >= 4 is 46.7 Å². The lowest BCUT2D eigenvalue weighted by Gasteiger charge is -2.40. The van der Waals surface area contributed by atoms with Gasteiger partial charge in [-0.15, -0.1) is 0 Å². The lowest BCUT2D eigenvalue weighted by Crippen LogP contribution is -2.42. The number of anilines is 2. The Labute approximate surface area is 179 Å².